The van der Waals surface area contributed by atoms with Gasteiger partial charge in [0.1, 0.15) is 10.6 Å². The van der Waals surface area contributed by atoms with Crippen molar-refractivity contribution < 1.29 is 9.59 Å². The molecule has 1 aliphatic rings. The molecule has 184 valence electrons. The monoisotopic (exact) mass is 544 g/mol. The van der Waals surface area contributed by atoms with E-state index in [-0.39, 0.29) is 10.7 Å². The van der Waals surface area contributed by atoms with Crippen molar-refractivity contribution in [3.8, 4) is 5.69 Å². The van der Waals surface area contributed by atoms with Crippen LogP contribution in [0.5, 0.6) is 0 Å². The Bertz CT molecular complexity index is 1550. The van der Waals surface area contributed by atoms with Crippen molar-refractivity contribution in [1.82, 2.24) is 15.1 Å². The predicted molar refractivity (Wildman–Crippen MR) is 151 cm³/mol. The van der Waals surface area contributed by atoms with Crippen molar-refractivity contribution in [3.63, 3.8) is 0 Å². The van der Waals surface area contributed by atoms with Gasteiger partial charge in [-0.05, 0) is 80.7 Å². The molecule has 1 saturated heterocycles. The van der Waals surface area contributed by atoms with Crippen LogP contribution in [0.2, 0.25) is 5.02 Å². The number of benzene rings is 3. The number of halogens is 1. The maximum atomic E-state index is 13.6. The van der Waals surface area contributed by atoms with Gasteiger partial charge in [0.15, 0.2) is 5.11 Å². The highest BCUT2D eigenvalue weighted by molar-refractivity contribution is 7.99. The fourth-order valence-electron chi connectivity index (χ4n) is 3.87. The summed E-state index contributed by atoms with van der Waals surface area (Å²) >= 11 is 12.9. The Kier molecular flexibility index (Phi) is 6.97. The number of carbonyl (C=O) groups is 2. The van der Waals surface area contributed by atoms with Crippen LogP contribution in [0.1, 0.15) is 16.8 Å². The Morgan fingerprint density at radius 3 is 2.27 bits per heavy atom. The van der Waals surface area contributed by atoms with E-state index >= 15 is 0 Å². The fraction of sp³-hybridized carbons (Fsp3) is 0.0714. The van der Waals surface area contributed by atoms with Crippen LogP contribution >= 0.6 is 35.6 Å². The molecule has 9 heteroatoms. The van der Waals surface area contributed by atoms with Gasteiger partial charge in [-0.15, -0.1) is 0 Å². The molecule has 0 bridgehead atoms. The molecule has 2 amide bonds. The maximum absolute atomic E-state index is 13.6. The van der Waals surface area contributed by atoms with Gasteiger partial charge in [-0.1, -0.05) is 59.3 Å². The molecule has 3 aromatic carbocycles. The van der Waals surface area contributed by atoms with Crippen molar-refractivity contribution in [2.45, 2.75) is 23.8 Å². The molecule has 5 rings (SSSR count). The van der Waals surface area contributed by atoms with Crippen LogP contribution < -0.4 is 10.2 Å². The van der Waals surface area contributed by atoms with E-state index in [9.17, 15) is 9.59 Å². The minimum atomic E-state index is -0.557. The lowest BCUT2D eigenvalue weighted by Crippen LogP contribution is -2.54. The number of rotatable bonds is 5. The Morgan fingerprint density at radius 2 is 1.59 bits per heavy atom. The lowest BCUT2D eigenvalue weighted by atomic mass is 10.1. The molecule has 1 aliphatic heterocycles. The second-order valence-corrected chi connectivity index (χ2v) is 10.3. The summed E-state index contributed by atoms with van der Waals surface area (Å²) in [6.07, 6.45) is 1.60. The molecule has 0 aliphatic carbocycles. The third kappa shape index (κ3) is 5.09. The zero-order chi connectivity index (χ0) is 26.1. The Morgan fingerprint density at radius 1 is 0.919 bits per heavy atom. The number of hydrogen-bond donors (Lipinski definition) is 1. The molecule has 37 heavy (non-hydrogen) atoms. The molecule has 0 radical (unpaired) electrons. The van der Waals surface area contributed by atoms with Gasteiger partial charge in [0, 0.05) is 15.5 Å². The summed E-state index contributed by atoms with van der Waals surface area (Å²) in [4.78, 5) is 28.8. The highest BCUT2D eigenvalue weighted by Gasteiger charge is 2.35. The van der Waals surface area contributed by atoms with E-state index in [0.29, 0.717) is 22.0 Å². The van der Waals surface area contributed by atoms with Crippen molar-refractivity contribution in [2.75, 3.05) is 4.90 Å². The van der Waals surface area contributed by atoms with E-state index in [1.807, 2.05) is 73.1 Å². The van der Waals surface area contributed by atoms with E-state index in [1.54, 1.807) is 30.3 Å². The first-order chi connectivity index (χ1) is 17.8. The fourth-order valence-corrected chi connectivity index (χ4v) is 5.32. The van der Waals surface area contributed by atoms with E-state index < -0.39 is 11.8 Å². The summed E-state index contributed by atoms with van der Waals surface area (Å²) in [7, 11) is 0. The first kappa shape index (κ1) is 25.0. The van der Waals surface area contributed by atoms with Crippen LogP contribution in [-0.2, 0) is 9.59 Å². The largest absolute Gasteiger partial charge is 0.298 e. The normalized spacial score (nSPS) is 14.8. The lowest BCUT2D eigenvalue weighted by molar-refractivity contribution is -0.122. The van der Waals surface area contributed by atoms with Crippen LogP contribution in [0.15, 0.2) is 94.4 Å². The van der Waals surface area contributed by atoms with Gasteiger partial charge < -0.3 is 0 Å². The van der Waals surface area contributed by atoms with Gasteiger partial charge in [-0.2, -0.15) is 5.10 Å². The average molecular weight is 545 g/mol. The number of aryl methyl sites for hydroxylation is 2. The van der Waals surface area contributed by atoms with Crippen molar-refractivity contribution in [2.24, 2.45) is 0 Å². The molecule has 2 heterocycles. The topological polar surface area (TPSA) is 67.2 Å². The molecule has 0 saturated carbocycles. The molecule has 0 atom stereocenters. The molecule has 4 aromatic rings. The first-order valence-corrected chi connectivity index (χ1v) is 13.0. The number of amides is 2. The molecular formula is C28H21ClN4O2S2. The number of nitrogens with one attached hydrogen (secondary N) is 1. The lowest BCUT2D eigenvalue weighted by Gasteiger charge is -2.29. The Labute approximate surface area is 228 Å². The molecule has 1 N–H and O–H groups in total. The number of thiocarbonyl (C=S) groups is 1. The number of para-hydroxylation sites is 1. The minimum absolute atomic E-state index is 0.0143. The van der Waals surface area contributed by atoms with Crippen LogP contribution in [0.3, 0.4) is 0 Å². The highest BCUT2D eigenvalue weighted by Crippen LogP contribution is 2.36. The van der Waals surface area contributed by atoms with Gasteiger partial charge in [-0.3, -0.25) is 19.8 Å². The molecule has 1 fully saturated rings. The van der Waals surface area contributed by atoms with Gasteiger partial charge in [-0.25, -0.2) is 4.68 Å². The summed E-state index contributed by atoms with van der Waals surface area (Å²) in [5, 5.41) is 8.73. The van der Waals surface area contributed by atoms with Gasteiger partial charge in [0.2, 0.25) is 0 Å². The minimum Gasteiger partial charge on any atom is -0.298 e. The molecule has 6 nitrogen and oxygen atoms in total. The van der Waals surface area contributed by atoms with Crippen molar-refractivity contribution in [3.05, 3.63) is 106 Å². The summed E-state index contributed by atoms with van der Waals surface area (Å²) < 4.78 is 1.83. The SMILES string of the molecule is Cc1ccc(Sc2c(C=C3C(=O)NC(=S)N(c4ccc(Cl)cc4)C3=O)c(C)nn2-c2ccccc2)cc1. The molecular weight excluding hydrogens is 524 g/mol. The van der Waals surface area contributed by atoms with Crippen LogP contribution in [-0.4, -0.2) is 26.7 Å². The van der Waals surface area contributed by atoms with Crippen LogP contribution in [0.25, 0.3) is 11.8 Å². The van der Waals surface area contributed by atoms with Crippen LogP contribution in [0, 0.1) is 13.8 Å². The molecule has 0 unspecified atom stereocenters. The summed E-state index contributed by atoms with van der Waals surface area (Å²) in [5.74, 6) is -1.08. The third-order valence-electron chi connectivity index (χ3n) is 5.77. The van der Waals surface area contributed by atoms with E-state index in [2.05, 4.69) is 5.32 Å². The van der Waals surface area contributed by atoms with E-state index in [1.165, 1.54) is 16.7 Å². The zero-order valence-corrected chi connectivity index (χ0v) is 22.3. The van der Waals surface area contributed by atoms with Gasteiger partial charge in [0.05, 0.1) is 17.1 Å². The zero-order valence-electron chi connectivity index (χ0n) is 19.9. The highest BCUT2D eigenvalue weighted by atomic mass is 35.5. The number of aromatic nitrogens is 2. The average Bonchev–Trinajstić information content (AvgIpc) is 3.19. The second kappa shape index (κ2) is 10.3. The quantitative estimate of drug-likeness (QED) is 0.186. The second-order valence-electron chi connectivity index (χ2n) is 8.40. The first-order valence-electron chi connectivity index (χ1n) is 11.4. The summed E-state index contributed by atoms with van der Waals surface area (Å²) in [5.41, 5.74) is 3.85. The van der Waals surface area contributed by atoms with Crippen LogP contribution in [0.4, 0.5) is 5.69 Å². The standard InChI is InChI=1S/C28H21ClN4O2S2/c1-17-8-14-22(15-9-17)37-27-23(18(2)31-33(27)21-6-4-3-5-7-21)16-24-25(34)30-28(36)32(26(24)35)20-12-10-19(29)11-13-20/h3-16H,1-2H3,(H,30,34,36). The number of carbonyl (C=O) groups excluding carboxylic acids is 2. The maximum Gasteiger partial charge on any atom is 0.270 e. The van der Waals surface area contributed by atoms with Gasteiger partial charge >= 0.3 is 0 Å². The molecule has 0 spiro atoms. The smallest absolute Gasteiger partial charge is 0.270 e. The van der Waals surface area contributed by atoms with Gasteiger partial charge in [0.25, 0.3) is 11.8 Å². The number of nitrogens with zero attached hydrogens (tertiary/aromatic N) is 3. The van der Waals surface area contributed by atoms with Crippen molar-refractivity contribution >= 4 is 64.3 Å². The summed E-state index contributed by atoms with van der Waals surface area (Å²) in [6.45, 7) is 3.89. The summed E-state index contributed by atoms with van der Waals surface area (Å²) in [6, 6.07) is 24.6. The number of hydrogen-bond acceptors (Lipinski definition) is 5. The van der Waals surface area contributed by atoms with E-state index in [4.69, 9.17) is 28.9 Å². The third-order valence-corrected chi connectivity index (χ3v) is 7.40. The Balaban J connectivity index is 1.62. The van der Waals surface area contributed by atoms with E-state index in [0.717, 1.165) is 21.2 Å². The molecule has 1 aromatic heterocycles. The van der Waals surface area contributed by atoms with Crippen molar-refractivity contribution in [1.29, 1.82) is 0 Å². The predicted octanol–water partition coefficient (Wildman–Crippen LogP) is 6.13. The number of anilines is 1. The Hall–Kier alpha value is -3.72.